The zero-order valence-corrected chi connectivity index (χ0v) is 5.37. The number of rotatable bonds is 3. The topological polar surface area (TPSA) is 37.3 Å². The van der Waals surface area contributed by atoms with E-state index in [-0.39, 0.29) is 6.61 Å². The Hall–Kier alpha value is -0.890. The van der Waals surface area contributed by atoms with Crippen LogP contribution < -0.4 is 0 Å². The number of hydrogen-bond donors (Lipinski definition) is 1. The Morgan fingerprint density at radius 2 is 2.22 bits per heavy atom. The lowest BCUT2D eigenvalue weighted by Crippen LogP contribution is -1.80. The van der Waals surface area contributed by atoms with Gasteiger partial charge in [-0.25, -0.2) is 0 Å². The molecule has 0 saturated carbocycles. The zero-order chi connectivity index (χ0) is 7.11. The second-order valence-electron chi connectivity index (χ2n) is 1.69. The molecule has 0 aromatic carbocycles. The lowest BCUT2D eigenvalue weighted by Gasteiger charge is -1.86. The molecule has 0 aliphatic rings. The number of aliphatic hydroxyl groups excluding tert-OH is 1. The number of aliphatic hydroxyl groups is 1. The molecule has 9 heavy (non-hydrogen) atoms. The van der Waals surface area contributed by atoms with Crippen molar-refractivity contribution in [1.82, 2.24) is 0 Å². The van der Waals surface area contributed by atoms with Crippen LogP contribution in [-0.2, 0) is 4.79 Å². The first kappa shape index (κ1) is 8.11. The molecular formula is C7H10O2. The minimum absolute atomic E-state index is 0.0448. The number of aldehydes is 1. The quantitative estimate of drug-likeness (QED) is 0.343. The molecule has 0 aromatic heterocycles. The molecule has 50 valence electrons. The largest absolute Gasteiger partial charge is 0.392 e. The second-order valence-corrected chi connectivity index (χ2v) is 1.69. The van der Waals surface area contributed by atoms with Crippen LogP contribution in [0.1, 0.15) is 6.92 Å². The third-order valence-electron chi connectivity index (χ3n) is 0.820. The highest BCUT2D eigenvalue weighted by Crippen LogP contribution is 1.88. The first-order valence-corrected chi connectivity index (χ1v) is 2.69. The van der Waals surface area contributed by atoms with Gasteiger partial charge in [-0.3, -0.25) is 4.79 Å². The molecule has 0 aliphatic heterocycles. The summed E-state index contributed by atoms with van der Waals surface area (Å²) < 4.78 is 0. The summed E-state index contributed by atoms with van der Waals surface area (Å²) in [7, 11) is 0. The molecule has 1 N–H and O–H groups in total. The van der Waals surface area contributed by atoms with Gasteiger partial charge in [0.1, 0.15) is 6.29 Å². The fraction of sp³-hybridized carbons (Fsp3) is 0.286. The molecular weight excluding hydrogens is 116 g/mol. The Morgan fingerprint density at radius 3 is 2.67 bits per heavy atom. The van der Waals surface area contributed by atoms with E-state index in [1.807, 2.05) is 0 Å². The van der Waals surface area contributed by atoms with Crippen LogP contribution >= 0.6 is 0 Å². The van der Waals surface area contributed by atoms with Crippen molar-refractivity contribution in [3.8, 4) is 0 Å². The molecule has 0 unspecified atom stereocenters. The highest BCUT2D eigenvalue weighted by Gasteiger charge is 1.77. The Kier molecular flexibility index (Phi) is 4.73. The van der Waals surface area contributed by atoms with Gasteiger partial charge >= 0.3 is 0 Å². The van der Waals surface area contributed by atoms with Gasteiger partial charge in [-0.15, -0.1) is 0 Å². The standard InChI is InChI=1S/C7H10O2/c1-7(6-9)4-2-3-5-8/h2-5,9H,6H2,1H3/b3-2+,7-4+. The molecule has 0 radical (unpaired) electrons. The molecule has 2 heteroatoms. The molecule has 0 aromatic rings. The van der Waals surface area contributed by atoms with Gasteiger partial charge in [0.2, 0.25) is 0 Å². The van der Waals surface area contributed by atoms with Crippen molar-refractivity contribution in [2.45, 2.75) is 6.92 Å². The third kappa shape index (κ3) is 4.97. The molecule has 0 fully saturated rings. The number of allylic oxidation sites excluding steroid dienone is 3. The maximum absolute atomic E-state index is 9.70. The predicted molar refractivity (Wildman–Crippen MR) is 36.0 cm³/mol. The summed E-state index contributed by atoms with van der Waals surface area (Å²) in [5.41, 5.74) is 0.841. The van der Waals surface area contributed by atoms with Gasteiger partial charge in [0.25, 0.3) is 0 Å². The van der Waals surface area contributed by atoms with Crippen LogP contribution in [0.2, 0.25) is 0 Å². The van der Waals surface area contributed by atoms with E-state index in [9.17, 15) is 4.79 Å². The van der Waals surface area contributed by atoms with E-state index in [4.69, 9.17) is 5.11 Å². The minimum atomic E-state index is 0.0448. The number of carbonyl (C=O) groups is 1. The summed E-state index contributed by atoms with van der Waals surface area (Å²) >= 11 is 0. The maximum Gasteiger partial charge on any atom is 0.142 e. The molecule has 0 bridgehead atoms. The Morgan fingerprint density at radius 1 is 1.56 bits per heavy atom. The molecule has 2 nitrogen and oxygen atoms in total. The summed E-state index contributed by atoms with van der Waals surface area (Å²) in [6.07, 6.45) is 5.35. The van der Waals surface area contributed by atoms with Gasteiger partial charge < -0.3 is 5.11 Å². The third-order valence-corrected chi connectivity index (χ3v) is 0.820. The summed E-state index contributed by atoms with van der Waals surface area (Å²) in [4.78, 5) is 9.70. The van der Waals surface area contributed by atoms with Crippen LogP contribution in [0.5, 0.6) is 0 Å². The van der Waals surface area contributed by atoms with Crippen LogP contribution in [0.4, 0.5) is 0 Å². The highest BCUT2D eigenvalue weighted by molar-refractivity contribution is 5.65. The van der Waals surface area contributed by atoms with Crippen LogP contribution in [0.3, 0.4) is 0 Å². The fourth-order valence-corrected chi connectivity index (χ4v) is 0.318. The average molecular weight is 126 g/mol. The van der Waals surface area contributed by atoms with E-state index in [1.165, 1.54) is 6.08 Å². The summed E-state index contributed by atoms with van der Waals surface area (Å²) in [6, 6.07) is 0. The number of hydrogen-bond acceptors (Lipinski definition) is 2. The number of carbonyl (C=O) groups excluding carboxylic acids is 1. The van der Waals surface area contributed by atoms with Crippen LogP contribution in [-0.4, -0.2) is 18.0 Å². The van der Waals surface area contributed by atoms with Crippen molar-refractivity contribution in [3.63, 3.8) is 0 Å². The molecule has 0 rings (SSSR count). The van der Waals surface area contributed by atoms with E-state index in [2.05, 4.69) is 0 Å². The lowest BCUT2D eigenvalue weighted by atomic mass is 10.3. The summed E-state index contributed by atoms with van der Waals surface area (Å²) in [6.45, 7) is 1.83. The lowest BCUT2D eigenvalue weighted by molar-refractivity contribution is -0.104. The first-order chi connectivity index (χ1) is 4.31. The van der Waals surface area contributed by atoms with Crippen molar-refractivity contribution < 1.29 is 9.90 Å². The van der Waals surface area contributed by atoms with Crippen molar-refractivity contribution in [2.75, 3.05) is 6.61 Å². The van der Waals surface area contributed by atoms with Gasteiger partial charge in [0.05, 0.1) is 6.61 Å². The predicted octanol–water partition coefficient (Wildman–Crippen LogP) is 0.680. The van der Waals surface area contributed by atoms with Crippen LogP contribution in [0.25, 0.3) is 0 Å². The molecule has 0 aliphatic carbocycles. The Bertz CT molecular complexity index is 134. The first-order valence-electron chi connectivity index (χ1n) is 2.69. The second kappa shape index (κ2) is 5.25. The van der Waals surface area contributed by atoms with Gasteiger partial charge in [0.15, 0.2) is 0 Å². The summed E-state index contributed by atoms with van der Waals surface area (Å²) in [5, 5.41) is 8.44. The Labute approximate surface area is 54.5 Å². The van der Waals surface area contributed by atoms with Gasteiger partial charge in [-0.2, -0.15) is 0 Å². The SMILES string of the molecule is C/C(=C\C=C\C=O)CO. The van der Waals surface area contributed by atoms with Crippen LogP contribution in [0.15, 0.2) is 23.8 Å². The van der Waals surface area contributed by atoms with Crippen molar-refractivity contribution in [2.24, 2.45) is 0 Å². The monoisotopic (exact) mass is 126 g/mol. The van der Waals surface area contributed by atoms with Gasteiger partial charge in [0, 0.05) is 0 Å². The minimum Gasteiger partial charge on any atom is -0.392 e. The van der Waals surface area contributed by atoms with Crippen molar-refractivity contribution in [1.29, 1.82) is 0 Å². The van der Waals surface area contributed by atoms with E-state index in [0.29, 0.717) is 6.29 Å². The smallest absolute Gasteiger partial charge is 0.142 e. The normalized spacial score (nSPS) is 12.4. The van der Waals surface area contributed by atoms with Crippen molar-refractivity contribution >= 4 is 6.29 Å². The van der Waals surface area contributed by atoms with E-state index >= 15 is 0 Å². The fourth-order valence-electron chi connectivity index (χ4n) is 0.318. The van der Waals surface area contributed by atoms with E-state index in [0.717, 1.165) is 5.57 Å². The summed E-state index contributed by atoms with van der Waals surface area (Å²) in [5.74, 6) is 0. The maximum atomic E-state index is 9.70. The van der Waals surface area contributed by atoms with Crippen LogP contribution in [0, 0.1) is 0 Å². The van der Waals surface area contributed by atoms with Gasteiger partial charge in [-0.05, 0) is 18.6 Å². The molecule has 0 amide bonds. The van der Waals surface area contributed by atoms with E-state index < -0.39 is 0 Å². The van der Waals surface area contributed by atoms with Gasteiger partial charge in [-0.1, -0.05) is 12.2 Å². The Balaban J connectivity index is 3.67. The molecule has 0 heterocycles. The molecule has 0 atom stereocenters. The average Bonchev–Trinajstić information content (AvgIpc) is 1.89. The zero-order valence-electron chi connectivity index (χ0n) is 5.37. The molecule has 0 saturated heterocycles. The van der Waals surface area contributed by atoms with Crippen molar-refractivity contribution in [3.05, 3.63) is 23.8 Å². The molecule has 0 spiro atoms. The highest BCUT2D eigenvalue weighted by atomic mass is 16.3. The van der Waals surface area contributed by atoms with E-state index in [1.54, 1.807) is 19.1 Å².